The van der Waals surface area contributed by atoms with Gasteiger partial charge in [0, 0.05) is 6.07 Å². The second kappa shape index (κ2) is 6.18. The Kier molecular flexibility index (Phi) is 5.06. The van der Waals surface area contributed by atoms with Gasteiger partial charge < -0.3 is 14.0 Å². The minimum atomic E-state index is -1.03. The van der Waals surface area contributed by atoms with Crippen molar-refractivity contribution in [3.05, 3.63) is 29.1 Å². The highest BCUT2D eigenvalue weighted by Gasteiger charge is 2.23. The number of carbonyl (C=O) groups excluding carboxylic acids is 2. The van der Waals surface area contributed by atoms with E-state index in [1.54, 1.807) is 30.2 Å². The van der Waals surface area contributed by atoms with Crippen molar-refractivity contribution in [3.8, 4) is 5.75 Å². The largest absolute Gasteiger partial charge is 0.514 e. The Morgan fingerprint density at radius 3 is 2.35 bits per heavy atom. The van der Waals surface area contributed by atoms with Crippen LogP contribution in [0.5, 0.6) is 5.75 Å². The number of hydrogen-bond donors (Lipinski definition) is 0. The maximum absolute atomic E-state index is 13.4. The van der Waals surface area contributed by atoms with Gasteiger partial charge in [0.25, 0.3) is 0 Å². The van der Waals surface area contributed by atoms with Crippen LogP contribution < -0.4 is 4.74 Å². The van der Waals surface area contributed by atoms with Crippen LogP contribution in [-0.4, -0.2) is 17.7 Å². The van der Waals surface area contributed by atoms with Gasteiger partial charge in [-0.3, -0.25) is 0 Å². The van der Waals surface area contributed by atoms with E-state index < -0.39 is 23.5 Å². The summed E-state index contributed by atoms with van der Waals surface area (Å²) in [6.07, 6.45) is -1.03. The molecule has 5 nitrogen and oxygen atoms in total. The first-order chi connectivity index (χ1) is 9.14. The number of carbonyl (C=O) groups is 2. The van der Waals surface area contributed by atoms with E-state index in [-0.39, 0.29) is 16.9 Å². The highest BCUT2D eigenvalue weighted by atomic mass is 31.0. The predicted octanol–water partition coefficient (Wildman–Crippen LogP) is 3.39. The van der Waals surface area contributed by atoms with E-state index in [0.29, 0.717) is 0 Å². The van der Waals surface area contributed by atoms with Gasteiger partial charge in [-0.2, -0.15) is 0 Å². The van der Waals surface area contributed by atoms with Crippen LogP contribution in [0.1, 0.15) is 36.7 Å². The lowest BCUT2D eigenvalue weighted by molar-refractivity contribution is 0.0204. The Labute approximate surface area is 118 Å². The first kappa shape index (κ1) is 16.4. The highest BCUT2D eigenvalue weighted by Crippen LogP contribution is 2.26. The Morgan fingerprint density at radius 2 is 1.85 bits per heavy atom. The molecule has 1 unspecified atom stereocenters. The van der Waals surface area contributed by atoms with Crippen LogP contribution in [0.4, 0.5) is 9.18 Å². The van der Waals surface area contributed by atoms with E-state index in [1.165, 1.54) is 6.92 Å². The van der Waals surface area contributed by atoms with E-state index in [4.69, 9.17) is 9.47 Å². The Hall–Kier alpha value is -1.68. The van der Waals surface area contributed by atoms with Gasteiger partial charge in [-0.1, -0.05) is 0 Å². The second-order valence-corrected chi connectivity index (χ2v) is 5.30. The van der Waals surface area contributed by atoms with Gasteiger partial charge >= 0.3 is 12.1 Å². The predicted molar refractivity (Wildman–Crippen MR) is 73.1 cm³/mol. The van der Waals surface area contributed by atoms with Gasteiger partial charge in [0.05, 0.1) is 9.47 Å². The van der Waals surface area contributed by atoms with Crippen molar-refractivity contribution in [3.63, 3.8) is 0 Å². The van der Waals surface area contributed by atoms with E-state index >= 15 is 0 Å². The minimum Gasteiger partial charge on any atom is -0.448 e. The van der Waals surface area contributed by atoms with Crippen LogP contribution in [-0.2, 0) is 9.26 Å². The maximum Gasteiger partial charge on any atom is 0.514 e. The fraction of sp³-hybridized carbons (Fsp3) is 0.385. The van der Waals surface area contributed by atoms with Crippen LogP contribution in [0, 0.1) is 12.7 Å². The number of aryl methyl sites for hydroxylation is 1. The van der Waals surface area contributed by atoms with E-state index in [1.807, 2.05) is 0 Å². The van der Waals surface area contributed by atoms with Crippen molar-refractivity contribution in [1.29, 1.82) is 0 Å². The normalized spacial score (nSPS) is 10.9. The number of rotatable bonds is 2. The molecule has 0 N–H and O–H groups in total. The lowest BCUT2D eigenvalue weighted by Gasteiger charge is -2.19. The summed E-state index contributed by atoms with van der Waals surface area (Å²) in [4.78, 5) is 23.2. The fourth-order valence-corrected chi connectivity index (χ4v) is 1.59. The molecule has 0 amide bonds. The summed E-state index contributed by atoms with van der Waals surface area (Å²) in [5.41, 5.74) is -0.510. The van der Waals surface area contributed by atoms with Gasteiger partial charge in [0.2, 0.25) is 0 Å². The molecule has 110 valence electrons. The summed E-state index contributed by atoms with van der Waals surface area (Å²) in [5, 5.41) is 0. The van der Waals surface area contributed by atoms with Gasteiger partial charge in [0.15, 0.2) is 5.75 Å². The number of hydrogen-bond acceptors (Lipinski definition) is 5. The van der Waals surface area contributed by atoms with Crippen molar-refractivity contribution >= 4 is 21.6 Å². The molecule has 0 saturated heterocycles. The van der Waals surface area contributed by atoms with Crippen molar-refractivity contribution in [1.82, 2.24) is 0 Å². The topological polar surface area (TPSA) is 61.8 Å². The van der Waals surface area contributed by atoms with E-state index in [0.717, 1.165) is 12.1 Å². The second-order valence-electron chi connectivity index (χ2n) is 5.07. The smallest absolute Gasteiger partial charge is 0.448 e. The number of ether oxygens (including phenoxy) is 2. The van der Waals surface area contributed by atoms with E-state index in [2.05, 4.69) is 4.52 Å². The summed E-state index contributed by atoms with van der Waals surface area (Å²) in [6.45, 7) is 6.47. The third-order valence-corrected chi connectivity index (χ3v) is 2.37. The van der Waals surface area contributed by atoms with E-state index in [9.17, 15) is 14.0 Å². The molecule has 1 atom stereocenters. The Morgan fingerprint density at radius 1 is 1.25 bits per heavy atom. The molecule has 1 aromatic rings. The first-order valence-electron chi connectivity index (χ1n) is 5.76. The standard InChI is InChI=1S/C13H16FO5P/c1-7-5-8(14)6-9(10(7)11(15)19-20)17-12(16)18-13(2,3)4/h5-6H,20H2,1-4H3. The van der Waals surface area contributed by atoms with Crippen LogP contribution in [0.3, 0.4) is 0 Å². The lowest BCUT2D eigenvalue weighted by atomic mass is 10.1. The fourth-order valence-electron chi connectivity index (χ4n) is 1.47. The molecule has 0 aliphatic rings. The molecule has 0 spiro atoms. The van der Waals surface area contributed by atoms with Crippen LogP contribution in [0.15, 0.2) is 12.1 Å². The Bertz CT molecular complexity index is 536. The molecule has 0 aromatic heterocycles. The summed E-state index contributed by atoms with van der Waals surface area (Å²) in [7, 11) is 1.79. The molecule has 7 heteroatoms. The van der Waals surface area contributed by atoms with Crippen LogP contribution >= 0.6 is 9.47 Å². The zero-order valence-corrected chi connectivity index (χ0v) is 12.8. The molecule has 0 bridgehead atoms. The van der Waals surface area contributed by atoms with Crippen LogP contribution in [0.2, 0.25) is 0 Å². The SMILES string of the molecule is Cc1cc(F)cc(OC(=O)OC(C)(C)C)c1C(=O)OP. The molecule has 0 fully saturated rings. The van der Waals surface area contributed by atoms with Crippen molar-refractivity contribution in [2.24, 2.45) is 0 Å². The minimum absolute atomic E-state index is 0.0349. The van der Waals surface area contributed by atoms with Crippen molar-refractivity contribution in [2.45, 2.75) is 33.3 Å². The molecule has 0 heterocycles. The first-order valence-corrected chi connectivity index (χ1v) is 6.23. The summed E-state index contributed by atoms with van der Waals surface area (Å²) < 4.78 is 27.7. The number of halogens is 1. The van der Waals surface area contributed by atoms with Gasteiger partial charge in [-0.05, 0) is 39.3 Å². The van der Waals surface area contributed by atoms with Crippen molar-refractivity contribution < 1.29 is 28.0 Å². The molecule has 0 aliphatic carbocycles. The Balaban J connectivity index is 3.11. The number of benzene rings is 1. The van der Waals surface area contributed by atoms with Crippen LogP contribution in [0.25, 0.3) is 0 Å². The lowest BCUT2D eigenvalue weighted by Crippen LogP contribution is -2.26. The molecule has 20 heavy (non-hydrogen) atoms. The van der Waals surface area contributed by atoms with Gasteiger partial charge in [-0.25, -0.2) is 14.0 Å². The van der Waals surface area contributed by atoms with Crippen molar-refractivity contribution in [2.75, 3.05) is 0 Å². The summed E-state index contributed by atoms with van der Waals surface area (Å²) in [6, 6.07) is 2.06. The zero-order chi connectivity index (χ0) is 15.5. The zero-order valence-electron chi connectivity index (χ0n) is 11.7. The summed E-state index contributed by atoms with van der Waals surface area (Å²) >= 11 is 0. The summed E-state index contributed by atoms with van der Waals surface area (Å²) in [5.74, 6) is -1.64. The average molecular weight is 302 g/mol. The quantitative estimate of drug-likeness (QED) is 0.476. The molecule has 1 aromatic carbocycles. The van der Waals surface area contributed by atoms with Gasteiger partial charge in [-0.15, -0.1) is 0 Å². The van der Waals surface area contributed by atoms with Gasteiger partial charge in [0.1, 0.15) is 17.0 Å². The molecular weight excluding hydrogens is 286 g/mol. The monoisotopic (exact) mass is 302 g/mol. The molecule has 1 rings (SSSR count). The molecule has 0 saturated carbocycles. The third-order valence-electron chi connectivity index (χ3n) is 2.16. The average Bonchev–Trinajstić information content (AvgIpc) is 2.24. The molecule has 0 radical (unpaired) electrons. The molecular formula is C13H16FO5P. The molecule has 0 aliphatic heterocycles. The maximum atomic E-state index is 13.4. The highest BCUT2D eigenvalue weighted by molar-refractivity contribution is 7.10. The third kappa shape index (κ3) is 4.46.